The number of amides is 4. The first-order chi connectivity index (χ1) is 30.9. The number of epoxide rings is 1. The number of likely N-dealkylation sites (N-methyl/N-ethyl adjacent to an activating group) is 1. The van der Waals surface area contributed by atoms with Gasteiger partial charge in [-0.15, -0.1) is 0 Å². The quantitative estimate of drug-likeness (QED) is 0.0332. The van der Waals surface area contributed by atoms with Crippen molar-refractivity contribution in [2.24, 2.45) is 11.8 Å². The molecule has 0 radical (unpaired) electrons. The molecule has 2 aliphatic heterocycles. The molecular formula is C44H66ClN5O14S2. The van der Waals surface area contributed by atoms with Crippen LogP contribution in [0, 0.1) is 5.92 Å². The van der Waals surface area contributed by atoms with Crippen LogP contribution in [-0.4, -0.2) is 152 Å². The van der Waals surface area contributed by atoms with E-state index in [1.54, 1.807) is 38.3 Å². The number of anilines is 1. The van der Waals surface area contributed by atoms with Crippen LogP contribution in [-0.2, 0) is 59.0 Å². The lowest BCUT2D eigenvalue weighted by atomic mass is 9.84. The first kappa shape index (κ1) is 56.4. The molecule has 1 aromatic rings. The summed E-state index contributed by atoms with van der Waals surface area (Å²) in [6, 6.07) is 1.23. The number of halogens is 1. The van der Waals surface area contributed by atoms with Crippen molar-refractivity contribution in [1.82, 2.24) is 15.5 Å². The fourth-order valence-electron chi connectivity index (χ4n) is 7.52. The van der Waals surface area contributed by atoms with E-state index in [-0.39, 0.29) is 35.9 Å². The highest BCUT2D eigenvalue weighted by atomic mass is 35.5. The SMILES string of the molecule is COc1cc2cc(c1Cl)N(C)C(=O)CC(OC(=O)C(C)N(C)C(=O)CCC(C)(C)SSCC(NC(=O)CON)C(=O)O)C1(C)OC1C(C)C(OC)CC(O)(NC=O)C(OC)/C=C/C=C(\C)C2. The number of nitrogens with one attached hydrogen (secondary N) is 2. The van der Waals surface area contributed by atoms with Crippen molar-refractivity contribution in [3.63, 3.8) is 0 Å². The summed E-state index contributed by atoms with van der Waals surface area (Å²) < 4.78 is 29.1. The summed E-state index contributed by atoms with van der Waals surface area (Å²) in [7, 11) is 9.90. The van der Waals surface area contributed by atoms with Crippen LogP contribution >= 0.6 is 33.2 Å². The third-order valence-corrected chi connectivity index (χ3v) is 15.6. The lowest BCUT2D eigenvalue weighted by molar-refractivity contribution is -0.162. The molecule has 1 aromatic carbocycles. The van der Waals surface area contributed by atoms with Gasteiger partial charge in [0.1, 0.15) is 47.3 Å². The average molecular weight is 989 g/mol. The Morgan fingerprint density at radius 3 is 2.47 bits per heavy atom. The standard InChI is InChI=1S/C44H66ClN5O14S2/c1-25-13-12-14-33(61-11)44(58,47-24-51)21-32(60-10)26(2)39-43(6,64-39)34(20-37(54)50(8)30-18-28(17-25)19-31(59-9)38(30)45)63-41(57)27(3)49(7)36(53)15-16-42(4,5)66-65-23-29(40(55)56)48-35(52)22-62-46/h12-14,18-19,24,26-27,29,32-34,39,58H,15-17,20-23,46H2,1-11H3,(H,47,51)(H,48,52)(H,55,56)/b14-12+,25-13+. The van der Waals surface area contributed by atoms with E-state index in [1.165, 1.54) is 66.7 Å². The van der Waals surface area contributed by atoms with Gasteiger partial charge in [-0.05, 0) is 65.2 Å². The Bertz CT molecular complexity index is 1960. The van der Waals surface area contributed by atoms with Crippen LogP contribution in [0.2, 0.25) is 5.02 Å². The molecule has 19 nitrogen and oxygen atoms in total. The monoisotopic (exact) mass is 987 g/mol. The Kier molecular flexibility index (Phi) is 21.3. The van der Waals surface area contributed by atoms with Gasteiger partial charge in [-0.2, -0.15) is 0 Å². The summed E-state index contributed by atoms with van der Waals surface area (Å²) >= 11 is 6.80. The van der Waals surface area contributed by atoms with Gasteiger partial charge in [0.25, 0.3) is 0 Å². The zero-order valence-electron chi connectivity index (χ0n) is 39.4. The van der Waals surface area contributed by atoms with Crippen LogP contribution in [0.1, 0.15) is 72.8 Å². The van der Waals surface area contributed by atoms with Crippen LogP contribution < -0.4 is 26.2 Å². The van der Waals surface area contributed by atoms with Crippen LogP contribution in [0.15, 0.2) is 35.9 Å². The molecule has 1 saturated heterocycles. The third kappa shape index (κ3) is 15.0. The summed E-state index contributed by atoms with van der Waals surface area (Å²) in [6.45, 7) is 10.2. The number of allylic oxidation sites excluding steroid dienone is 3. The number of methoxy groups -OCH3 is 3. The number of carboxylic acid groups (broad SMARTS) is 1. The third-order valence-electron chi connectivity index (χ3n) is 11.9. The molecule has 9 atom stereocenters. The fraction of sp³-hybridized carbons (Fsp3) is 0.636. The molecule has 0 aromatic heterocycles. The summed E-state index contributed by atoms with van der Waals surface area (Å²) in [5.41, 5.74) is -1.21. The maximum atomic E-state index is 14.3. The van der Waals surface area contributed by atoms with E-state index in [0.717, 1.165) is 11.1 Å². The van der Waals surface area contributed by atoms with E-state index < -0.39 is 88.9 Å². The van der Waals surface area contributed by atoms with Gasteiger partial charge < -0.3 is 54.3 Å². The van der Waals surface area contributed by atoms with Crippen molar-refractivity contribution < 1.29 is 67.5 Å². The maximum Gasteiger partial charge on any atom is 0.328 e. The smallest absolute Gasteiger partial charge is 0.328 e. The summed E-state index contributed by atoms with van der Waals surface area (Å²) in [4.78, 5) is 84.2. The van der Waals surface area contributed by atoms with E-state index in [2.05, 4.69) is 15.5 Å². The molecule has 0 spiro atoms. The average Bonchev–Trinajstić information content (AvgIpc) is 3.96. The summed E-state index contributed by atoms with van der Waals surface area (Å²) in [5, 5.41) is 26.5. The summed E-state index contributed by atoms with van der Waals surface area (Å²) in [5.74, 6) is 1.19. The van der Waals surface area contributed by atoms with Gasteiger partial charge in [0.05, 0.1) is 31.4 Å². The molecule has 1 fully saturated rings. The largest absolute Gasteiger partial charge is 0.495 e. The van der Waals surface area contributed by atoms with E-state index in [0.29, 0.717) is 30.7 Å². The molecule has 2 heterocycles. The van der Waals surface area contributed by atoms with Gasteiger partial charge in [-0.1, -0.05) is 63.9 Å². The maximum absolute atomic E-state index is 14.3. The number of aliphatic carboxylic acids is 1. The Hall–Kier alpha value is -3.93. The first-order valence-electron chi connectivity index (χ1n) is 21.2. The number of benzene rings is 1. The van der Waals surface area contributed by atoms with Gasteiger partial charge >= 0.3 is 11.9 Å². The Morgan fingerprint density at radius 1 is 1.20 bits per heavy atom. The number of hydrogen-bond donors (Lipinski definition) is 5. The number of ether oxygens (including phenoxy) is 5. The second kappa shape index (κ2) is 24.9. The van der Waals surface area contributed by atoms with Crippen molar-refractivity contribution in [1.29, 1.82) is 0 Å². The molecule has 370 valence electrons. The number of carbonyl (C=O) groups is 6. The van der Waals surface area contributed by atoms with Crippen molar-refractivity contribution >= 4 is 74.9 Å². The predicted octanol–water partition coefficient (Wildman–Crippen LogP) is 3.57. The van der Waals surface area contributed by atoms with Gasteiger partial charge in [-0.3, -0.25) is 24.0 Å². The molecule has 3 rings (SSSR count). The van der Waals surface area contributed by atoms with Crippen LogP contribution in [0.4, 0.5) is 5.69 Å². The number of fused-ring (bicyclic) bond motifs is 3. The van der Waals surface area contributed by atoms with Gasteiger partial charge in [0.2, 0.25) is 24.1 Å². The van der Waals surface area contributed by atoms with Gasteiger partial charge in [0, 0.05) is 57.6 Å². The number of nitrogens with zero attached hydrogens (tertiary/aromatic N) is 2. The molecule has 0 saturated carbocycles. The number of carbonyl (C=O) groups excluding carboxylic acids is 5. The minimum atomic E-state index is -1.94. The molecule has 4 amide bonds. The minimum Gasteiger partial charge on any atom is -0.495 e. The lowest BCUT2D eigenvalue weighted by Gasteiger charge is -2.37. The van der Waals surface area contributed by atoms with Crippen molar-refractivity contribution in [2.45, 2.75) is 126 Å². The molecule has 0 aliphatic carbocycles. The van der Waals surface area contributed by atoms with E-state index >= 15 is 0 Å². The Balaban J connectivity index is 1.92. The first-order valence-corrected chi connectivity index (χ1v) is 23.9. The van der Waals surface area contributed by atoms with E-state index in [1.807, 2.05) is 33.8 Å². The Morgan fingerprint density at radius 2 is 1.88 bits per heavy atom. The van der Waals surface area contributed by atoms with Crippen LogP contribution in [0.25, 0.3) is 0 Å². The molecule has 66 heavy (non-hydrogen) atoms. The lowest BCUT2D eigenvalue weighted by Crippen LogP contribution is -2.57. The number of nitrogens with two attached hydrogens (primary N) is 1. The zero-order valence-corrected chi connectivity index (χ0v) is 41.8. The van der Waals surface area contributed by atoms with Crippen LogP contribution in [0.5, 0.6) is 5.75 Å². The number of rotatable bonds is 19. The second-order valence-electron chi connectivity index (χ2n) is 17.3. The number of carboxylic acids is 1. The Labute approximate surface area is 399 Å². The fourth-order valence-corrected chi connectivity index (χ4v) is 10.6. The predicted molar refractivity (Wildman–Crippen MR) is 251 cm³/mol. The summed E-state index contributed by atoms with van der Waals surface area (Å²) in [6.07, 6.45) is 2.13. The molecule has 6 N–H and O–H groups in total. The minimum absolute atomic E-state index is 0.0246. The number of aliphatic hydroxyl groups is 1. The van der Waals surface area contributed by atoms with E-state index in [9.17, 15) is 39.0 Å². The molecular weight excluding hydrogens is 922 g/mol. The van der Waals surface area contributed by atoms with Crippen molar-refractivity contribution in [3.05, 3.63) is 46.5 Å². The molecule has 22 heteroatoms. The van der Waals surface area contributed by atoms with Crippen LogP contribution in [0.3, 0.4) is 0 Å². The zero-order chi connectivity index (χ0) is 49.7. The second-order valence-corrected chi connectivity index (χ2v) is 20.7. The van der Waals surface area contributed by atoms with E-state index in [4.69, 9.17) is 41.2 Å². The van der Waals surface area contributed by atoms with Gasteiger partial charge in [-0.25, -0.2) is 15.5 Å². The highest BCUT2D eigenvalue weighted by molar-refractivity contribution is 8.77. The highest BCUT2D eigenvalue weighted by Gasteiger charge is 2.63. The van der Waals surface area contributed by atoms with Gasteiger partial charge in [0.15, 0.2) is 5.72 Å². The molecule has 2 bridgehead atoms. The van der Waals surface area contributed by atoms with Crippen molar-refractivity contribution in [2.75, 3.05) is 52.7 Å². The number of esters is 1. The van der Waals surface area contributed by atoms with Crippen molar-refractivity contribution in [3.8, 4) is 5.75 Å². The topological polar surface area (TPSA) is 258 Å². The molecule has 9 unspecified atom stereocenters. The molecule has 2 aliphatic rings. The highest BCUT2D eigenvalue weighted by Crippen LogP contribution is 2.49. The number of hydrogen-bond acceptors (Lipinski definition) is 16. The normalized spacial score (nSPS) is 27.2.